The van der Waals surface area contributed by atoms with Crippen LogP contribution >= 0.6 is 0 Å². The summed E-state index contributed by atoms with van der Waals surface area (Å²) in [6.07, 6.45) is 0. The number of aromatic nitrogens is 2. The molecular formula is C100H83BN4O2. The molecular weight excluding hydrogens is 1300 g/mol. The fourth-order valence-electron chi connectivity index (χ4n) is 17.2. The van der Waals surface area contributed by atoms with Crippen molar-refractivity contribution in [3.8, 4) is 44.8 Å². The highest BCUT2D eigenvalue weighted by molar-refractivity contribution is 7.00. The number of benzene rings is 14. The van der Waals surface area contributed by atoms with E-state index >= 15 is 0 Å². The van der Waals surface area contributed by atoms with Crippen molar-refractivity contribution in [3.63, 3.8) is 0 Å². The maximum atomic E-state index is 9.93. The Hall–Kier alpha value is -12.1. The molecule has 107 heavy (non-hydrogen) atoms. The molecule has 518 valence electrons. The van der Waals surface area contributed by atoms with E-state index in [2.05, 4.69) is 304 Å². The van der Waals surface area contributed by atoms with E-state index in [0.29, 0.717) is 22.5 Å². The molecule has 0 amide bonds. The van der Waals surface area contributed by atoms with E-state index in [-0.39, 0.29) is 55.6 Å². The van der Waals surface area contributed by atoms with E-state index in [4.69, 9.17) is 11.6 Å². The molecule has 7 heteroatoms. The maximum Gasteiger partial charge on any atom is 0.252 e. The van der Waals surface area contributed by atoms with Crippen LogP contribution in [0.4, 0.5) is 34.1 Å². The van der Waals surface area contributed by atoms with Crippen molar-refractivity contribution in [1.82, 2.24) is 9.13 Å². The molecule has 2 aliphatic rings. The van der Waals surface area contributed by atoms with E-state index in [1.807, 2.05) is 30.3 Å². The van der Waals surface area contributed by atoms with E-state index in [0.717, 1.165) is 138 Å². The second-order valence-electron chi connectivity index (χ2n) is 33.5. The van der Waals surface area contributed by atoms with Crippen molar-refractivity contribution >= 4 is 145 Å². The van der Waals surface area contributed by atoms with Crippen molar-refractivity contribution < 1.29 is 19.8 Å². The molecule has 6 nitrogen and oxygen atoms in total. The van der Waals surface area contributed by atoms with Crippen LogP contribution in [-0.2, 0) is 21.7 Å². The number of hydrogen-bond acceptors (Lipinski definition) is 4. The summed E-state index contributed by atoms with van der Waals surface area (Å²) in [5.74, 6) is 0. The molecule has 0 aliphatic carbocycles. The van der Waals surface area contributed by atoms with Crippen LogP contribution in [-0.4, -0.2) is 15.8 Å². The molecule has 14 aromatic carbocycles. The first-order valence-electron chi connectivity index (χ1n) is 41.2. The van der Waals surface area contributed by atoms with Gasteiger partial charge in [0.05, 0.1) is 60.9 Å². The molecule has 0 fully saturated rings. The molecule has 0 saturated heterocycles. The van der Waals surface area contributed by atoms with Crippen LogP contribution in [0.3, 0.4) is 0 Å². The molecule has 2 aliphatic heterocycles. The summed E-state index contributed by atoms with van der Waals surface area (Å²) < 4.78 is 94.5. The summed E-state index contributed by atoms with van der Waals surface area (Å²) in [6.45, 7) is 26.8. The average molecular weight is 1390 g/mol. The predicted octanol–water partition coefficient (Wildman–Crippen LogP) is 26.0. The Bertz CT molecular complexity index is 7090. The lowest BCUT2D eigenvalue weighted by molar-refractivity contribution is 0.569. The highest BCUT2D eigenvalue weighted by Gasteiger charge is 2.46. The number of anilines is 6. The zero-order valence-electron chi connectivity index (χ0n) is 70.2. The Kier molecular flexibility index (Phi) is 12.2. The molecule has 0 bridgehead atoms. The van der Waals surface area contributed by atoms with Crippen LogP contribution in [0.5, 0.6) is 0 Å². The fraction of sp³-hybridized carbons (Fsp3) is 0.160. The standard InChI is InChI=1S/C100H83BN4O2/c1-97(2,3)65-40-46-82-76(55-65)77-56-66(98(4,5)6)41-47-83(77)103(82)70-58-87-95-88(59-70)105(96-71(61-29-17-14-18-30-61)43-48-91-94(96)75-34-22-26-38-90(75)106-91)85-57-69(102-80-35-23-19-31-72(80)73-32-20-24-36-81(73)102)42-45-79(85)101(95)78-44-39-62(63-49-67(99(7,8)9)54-68(50-63)100(10,11)12)51-84(78)104(87)86-52-64(60-27-15-13-16-28-60)53-92-93(86)74-33-21-25-37-89(74)107-92/h13-59H,1-12H3/i19D,20D,23D,24D,31D,32D,35D,36D. The van der Waals surface area contributed by atoms with Gasteiger partial charge in [-0.15, -0.1) is 0 Å². The number of furan rings is 2. The van der Waals surface area contributed by atoms with Gasteiger partial charge < -0.3 is 27.8 Å². The van der Waals surface area contributed by atoms with Crippen LogP contribution in [0.2, 0.25) is 0 Å². The number of para-hydroxylation sites is 4. The Balaban J connectivity index is 1.02. The summed E-state index contributed by atoms with van der Waals surface area (Å²) in [5, 5.41) is 5.86. The van der Waals surface area contributed by atoms with E-state index < -0.39 is 43.0 Å². The summed E-state index contributed by atoms with van der Waals surface area (Å²) in [7, 11) is 0. The number of rotatable bonds is 7. The third-order valence-corrected chi connectivity index (χ3v) is 22.7. The fourth-order valence-corrected chi connectivity index (χ4v) is 17.2. The van der Waals surface area contributed by atoms with Crippen LogP contribution in [0.15, 0.2) is 294 Å². The van der Waals surface area contributed by atoms with Gasteiger partial charge in [0.15, 0.2) is 0 Å². The van der Waals surface area contributed by atoms with Gasteiger partial charge in [0.2, 0.25) is 0 Å². The highest BCUT2D eigenvalue weighted by atomic mass is 16.3. The van der Waals surface area contributed by atoms with Crippen LogP contribution in [0.25, 0.3) is 132 Å². The molecule has 6 heterocycles. The van der Waals surface area contributed by atoms with Gasteiger partial charge in [-0.1, -0.05) is 265 Å². The van der Waals surface area contributed by atoms with Gasteiger partial charge in [0.1, 0.15) is 22.3 Å². The maximum absolute atomic E-state index is 9.93. The minimum absolute atomic E-state index is 0.00535. The quantitative estimate of drug-likeness (QED) is 0.149. The second kappa shape index (κ2) is 23.2. The van der Waals surface area contributed by atoms with Crippen molar-refractivity contribution in [2.24, 2.45) is 0 Å². The minimum Gasteiger partial charge on any atom is -0.456 e. The van der Waals surface area contributed by atoms with E-state index in [1.54, 1.807) is 4.57 Å². The number of nitrogens with zero attached hydrogens (tertiary/aromatic N) is 4. The van der Waals surface area contributed by atoms with Crippen molar-refractivity contribution in [1.29, 1.82) is 0 Å². The lowest BCUT2D eigenvalue weighted by atomic mass is 9.33. The lowest BCUT2D eigenvalue weighted by Gasteiger charge is -2.45. The predicted molar refractivity (Wildman–Crippen MR) is 455 cm³/mol. The normalized spacial score (nSPS) is 14.4. The zero-order chi connectivity index (χ0) is 79.9. The molecule has 0 saturated carbocycles. The first-order chi connectivity index (χ1) is 54.9. The van der Waals surface area contributed by atoms with Gasteiger partial charge in [-0.25, -0.2) is 0 Å². The average Bonchev–Trinajstić information content (AvgIpc) is 1.66. The third kappa shape index (κ3) is 10.1. The Morgan fingerprint density at radius 1 is 0.299 bits per heavy atom. The Labute approximate surface area is 636 Å². The van der Waals surface area contributed by atoms with Gasteiger partial charge in [-0.05, 0) is 191 Å². The van der Waals surface area contributed by atoms with Gasteiger partial charge in [0, 0.05) is 66.3 Å². The van der Waals surface area contributed by atoms with Crippen LogP contribution in [0.1, 0.15) is 116 Å². The van der Waals surface area contributed by atoms with Gasteiger partial charge in [-0.3, -0.25) is 0 Å². The van der Waals surface area contributed by atoms with E-state index in [9.17, 15) is 8.22 Å². The Morgan fingerprint density at radius 3 is 1.38 bits per heavy atom. The molecule has 0 atom stereocenters. The molecule has 0 unspecified atom stereocenters. The van der Waals surface area contributed by atoms with Crippen molar-refractivity contribution in [2.75, 3.05) is 9.80 Å². The first-order valence-corrected chi connectivity index (χ1v) is 37.2. The largest absolute Gasteiger partial charge is 0.456 e. The van der Waals surface area contributed by atoms with Gasteiger partial charge >= 0.3 is 0 Å². The van der Waals surface area contributed by atoms with Crippen LogP contribution < -0.4 is 26.2 Å². The SMILES string of the molecule is [2H]c1c([2H])c([2H])c2c(c1[2H])c1c([2H])c([2H])c([2H])c([2H])c1n2-c1ccc2c(c1)N(c1c(-c3ccccc3)ccc3oc4ccccc4c13)c1cc(-n3c4ccc(C(C)(C)C)cc4c4cc(C(C)(C)C)ccc43)cc3c1B2c1ccc(-c2cc(C(C)(C)C)cc(C(C)(C)C)c2)cc1N3c1cc(-c2ccccc2)cc2oc3ccccc3c12. The van der Waals surface area contributed by atoms with Gasteiger partial charge in [0.25, 0.3) is 6.71 Å². The molecule has 4 aromatic heterocycles. The first kappa shape index (κ1) is 56.3. The third-order valence-electron chi connectivity index (χ3n) is 22.7. The van der Waals surface area contributed by atoms with Crippen molar-refractivity contribution in [2.45, 2.75) is 105 Å². The van der Waals surface area contributed by atoms with E-state index in [1.165, 1.54) is 22.3 Å². The number of fused-ring (bicyclic) bond motifs is 16. The summed E-state index contributed by atoms with van der Waals surface area (Å²) in [4.78, 5) is 4.96. The monoisotopic (exact) mass is 1390 g/mol. The lowest BCUT2D eigenvalue weighted by Crippen LogP contribution is -2.61. The molecule has 20 rings (SSSR count). The minimum atomic E-state index is -0.561. The van der Waals surface area contributed by atoms with Crippen LogP contribution in [0, 0.1) is 0 Å². The summed E-state index contributed by atoms with van der Waals surface area (Å²) in [6, 6.07) is 82.0. The highest BCUT2D eigenvalue weighted by Crippen LogP contribution is 2.55. The smallest absolute Gasteiger partial charge is 0.252 e. The zero-order valence-corrected chi connectivity index (χ0v) is 62.2. The molecule has 0 N–H and O–H groups in total. The second-order valence-corrected chi connectivity index (χ2v) is 33.5. The Morgan fingerprint density at radius 2 is 0.785 bits per heavy atom. The molecule has 0 spiro atoms. The van der Waals surface area contributed by atoms with Gasteiger partial charge in [-0.2, -0.15) is 0 Å². The topological polar surface area (TPSA) is 42.6 Å². The summed E-state index contributed by atoms with van der Waals surface area (Å²) in [5.41, 5.74) is 24.2. The molecule has 0 radical (unpaired) electrons. The number of hydrogen-bond donors (Lipinski definition) is 0. The molecule has 18 aromatic rings. The van der Waals surface area contributed by atoms with Crippen molar-refractivity contribution in [3.05, 3.63) is 307 Å². The summed E-state index contributed by atoms with van der Waals surface area (Å²) >= 11 is 0.